The third-order valence-corrected chi connectivity index (χ3v) is 3.51. The van der Waals surface area contributed by atoms with Crippen LogP contribution in [0, 0.1) is 0 Å². The minimum absolute atomic E-state index is 0.412. The van der Waals surface area contributed by atoms with Crippen molar-refractivity contribution in [3.8, 4) is 0 Å². The third-order valence-electron chi connectivity index (χ3n) is 2.65. The zero-order chi connectivity index (χ0) is 13.7. The number of aromatic nitrogens is 2. The van der Waals surface area contributed by atoms with Crippen LogP contribution in [0.4, 0.5) is 11.6 Å². The molecule has 19 heavy (non-hydrogen) atoms. The number of hydrogen-bond acceptors (Lipinski definition) is 6. The van der Waals surface area contributed by atoms with Crippen LogP contribution in [-0.2, 0) is 17.9 Å². The lowest BCUT2D eigenvalue weighted by Gasteiger charge is -2.18. The number of nitrogens with one attached hydrogen (secondary N) is 1. The molecule has 2 aromatic rings. The number of methoxy groups -OCH3 is 1. The van der Waals surface area contributed by atoms with E-state index in [0.29, 0.717) is 12.4 Å². The van der Waals surface area contributed by atoms with Crippen LogP contribution in [0.5, 0.6) is 0 Å². The predicted molar refractivity (Wildman–Crippen MR) is 78.7 cm³/mol. The highest BCUT2D eigenvalue weighted by Crippen LogP contribution is 2.19. The summed E-state index contributed by atoms with van der Waals surface area (Å²) in [5, 5.41) is 5.13. The van der Waals surface area contributed by atoms with Gasteiger partial charge < -0.3 is 15.0 Å². The van der Waals surface area contributed by atoms with Crippen molar-refractivity contribution in [1.82, 2.24) is 9.97 Å². The number of rotatable bonds is 6. The molecule has 0 aliphatic heterocycles. The van der Waals surface area contributed by atoms with Gasteiger partial charge in [0, 0.05) is 32.1 Å². The highest BCUT2D eigenvalue weighted by Gasteiger charge is 2.09. The van der Waals surface area contributed by atoms with Crippen LogP contribution in [0.3, 0.4) is 0 Å². The van der Waals surface area contributed by atoms with E-state index >= 15 is 0 Å². The Labute approximate surface area is 117 Å². The third kappa shape index (κ3) is 3.65. The molecule has 0 amide bonds. The maximum absolute atomic E-state index is 5.10. The van der Waals surface area contributed by atoms with Crippen LogP contribution < -0.4 is 10.2 Å². The molecule has 2 aromatic heterocycles. The highest BCUT2D eigenvalue weighted by molar-refractivity contribution is 7.09. The summed E-state index contributed by atoms with van der Waals surface area (Å²) in [7, 11) is 5.52. The summed E-state index contributed by atoms with van der Waals surface area (Å²) in [6.45, 7) is 1.25. The van der Waals surface area contributed by atoms with Crippen molar-refractivity contribution < 1.29 is 4.74 Å². The van der Waals surface area contributed by atoms with E-state index in [2.05, 4.69) is 37.7 Å². The number of nitrogens with zero attached hydrogens (tertiary/aromatic N) is 3. The molecule has 0 fully saturated rings. The van der Waals surface area contributed by atoms with Gasteiger partial charge in [-0.2, -0.15) is 0 Å². The molecule has 2 rings (SSSR count). The van der Waals surface area contributed by atoms with Crippen molar-refractivity contribution >= 4 is 23.0 Å². The smallest absolute Gasteiger partial charge is 0.158 e. The SMILES string of the molecule is CNc1cc(N(C)Cc2cccs2)nc(COC)n1. The molecular formula is C13H18N4OS. The van der Waals surface area contributed by atoms with E-state index in [9.17, 15) is 0 Å². The van der Waals surface area contributed by atoms with Crippen LogP contribution in [0.1, 0.15) is 10.7 Å². The summed E-state index contributed by atoms with van der Waals surface area (Å²) in [5.41, 5.74) is 0. The normalized spacial score (nSPS) is 10.5. The van der Waals surface area contributed by atoms with Crippen molar-refractivity contribution in [2.45, 2.75) is 13.2 Å². The maximum atomic E-state index is 5.10. The van der Waals surface area contributed by atoms with Crippen molar-refractivity contribution in [2.24, 2.45) is 0 Å². The predicted octanol–water partition coefficient (Wildman–Crippen LogP) is 2.36. The molecule has 0 aliphatic rings. The molecule has 6 heteroatoms. The van der Waals surface area contributed by atoms with Crippen molar-refractivity contribution in [2.75, 3.05) is 31.4 Å². The summed E-state index contributed by atoms with van der Waals surface area (Å²) < 4.78 is 5.10. The standard InChI is InChI=1S/C13H18N4OS/c1-14-11-7-13(16-12(15-11)9-18-3)17(2)8-10-5-4-6-19-10/h4-7H,8-9H2,1-3H3,(H,14,15,16). The molecule has 0 saturated carbocycles. The van der Waals surface area contributed by atoms with E-state index in [1.54, 1.807) is 18.4 Å². The van der Waals surface area contributed by atoms with Gasteiger partial charge in [-0.25, -0.2) is 9.97 Å². The molecule has 1 N–H and O–H groups in total. The maximum Gasteiger partial charge on any atom is 0.158 e. The minimum Gasteiger partial charge on any atom is -0.377 e. The fraction of sp³-hybridized carbons (Fsp3) is 0.385. The van der Waals surface area contributed by atoms with Gasteiger partial charge in [0.1, 0.15) is 18.2 Å². The van der Waals surface area contributed by atoms with Gasteiger partial charge in [-0.15, -0.1) is 11.3 Å². The number of ether oxygens (including phenoxy) is 1. The van der Waals surface area contributed by atoms with Gasteiger partial charge in [0.05, 0.1) is 6.54 Å². The van der Waals surface area contributed by atoms with E-state index in [1.807, 2.05) is 20.2 Å². The second kappa shape index (κ2) is 6.49. The quantitative estimate of drug-likeness (QED) is 0.879. The topological polar surface area (TPSA) is 50.3 Å². The zero-order valence-electron chi connectivity index (χ0n) is 11.4. The first-order chi connectivity index (χ1) is 9.22. The molecule has 0 atom stereocenters. The Bertz CT molecular complexity index is 515. The molecule has 2 heterocycles. The Balaban J connectivity index is 2.19. The summed E-state index contributed by atoms with van der Waals surface area (Å²) in [4.78, 5) is 12.3. The van der Waals surface area contributed by atoms with E-state index in [0.717, 1.165) is 18.2 Å². The Morgan fingerprint density at radius 3 is 2.89 bits per heavy atom. The van der Waals surface area contributed by atoms with Crippen molar-refractivity contribution in [3.05, 3.63) is 34.3 Å². The van der Waals surface area contributed by atoms with Crippen LogP contribution in [0.15, 0.2) is 23.6 Å². The molecule has 5 nitrogen and oxygen atoms in total. The van der Waals surface area contributed by atoms with Gasteiger partial charge in [-0.05, 0) is 11.4 Å². The first-order valence-corrected chi connectivity index (χ1v) is 6.89. The highest BCUT2D eigenvalue weighted by atomic mass is 32.1. The van der Waals surface area contributed by atoms with E-state index in [1.165, 1.54) is 4.88 Å². The van der Waals surface area contributed by atoms with Crippen molar-refractivity contribution in [3.63, 3.8) is 0 Å². The Morgan fingerprint density at radius 1 is 1.42 bits per heavy atom. The molecule has 0 unspecified atom stereocenters. The molecule has 102 valence electrons. The molecule has 0 aliphatic carbocycles. The van der Waals surface area contributed by atoms with Gasteiger partial charge in [-0.3, -0.25) is 0 Å². The van der Waals surface area contributed by atoms with E-state index in [4.69, 9.17) is 4.74 Å². The average Bonchev–Trinajstić information content (AvgIpc) is 2.91. The first-order valence-electron chi connectivity index (χ1n) is 6.01. The lowest BCUT2D eigenvalue weighted by atomic mass is 10.4. The van der Waals surface area contributed by atoms with Crippen LogP contribution in [-0.4, -0.2) is 31.2 Å². The van der Waals surface area contributed by atoms with Gasteiger partial charge in [0.15, 0.2) is 5.82 Å². The summed E-state index contributed by atoms with van der Waals surface area (Å²) >= 11 is 1.74. The van der Waals surface area contributed by atoms with E-state index < -0.39 is 0 Å². The molecule has 0 saturated heterocycles. The molecular weight excluding hydrogens is 260 g/mol. The number of anilines is 2. The average molecular weight is 278 g/mol. The van der Waals surface area contributed by atoms with E-state index in [-0.39, 0.29) is 0 Å². The fourth-order valence-electron chi connectivity index (χ4n) is 1.72. The molecule has 0 bridgehead atoms. The fourth-order valence-corrected chi connectivity index (χ4v) is 2.47. The van der Waals surface area contributed by atoms with Gasteiger partial charge in [-0.1, -0.05) is 6.07 Å². The lowest BCUT2D eigenvalue weighted by Crippen LogP contribution is -2.18. The molecule has 0 aromatic carbocycles. The van der Waals surface area contributed by atoms with Crippen LogP contribution in [0.2, 0.25) is 0 Å². The Kier molecular flexibility index (Phi) is 4.70. The number of thiophene rings is 1. The second-order valence-electron chi connectivity index (χ2n) is 4.15. The lowest BCUT2D eigenvalue weighted by molar-refractivity contribution is 0.178. The Morgan fingerprint density at radius 2 is 2.26 bits per heavy atom. The van der Waals surface area contributed by atoms with Gasteiger partial charge >= 0.3 is 0 Å². The first kappa shape index (κ1) is 13.8. The zero-order valence-corrected chi connectivity index (χ0v) is 12.2. The van der Waals surface area contributed by atoms with Gasteiger partial charge in [0.25, 0.3) is 0 Å². The molecule has 0 spiro atoms. The van der Waals surface area contributed by atoms with Crippen molar-refractivity contribution in [1.29, 1.82) is 0 Å². The number of hydrogen-bond donors (Lipinski definition) is 1. The summed E-state index contributed by atoms with van der Waals surface area (Å²) in [6, 6.07) is 6.12. The minimum atomic E-state index is 0.412. The van der Waals surface area contributed by atoms with Crippen LogP contribution >= 0.6 is 11.3 Å². The monoisotopic (exact) mass is 278 g/mol. The summed E-state index contributed by atoms with van der Waals surface area (Å²) in [6.07, 6.45) is 0. The Hall–Kier alpha value is -1.66. The molecule has 0 radical (unpaired) electrons. The largest absolute Gasteiger partial charge is 0.377 e. The van der Waals surface area contributed by atoms with Crippen LogP contribution in [0.25, 0.3) is 0 Å². The van der Waals surface area contributed by atoms with Gasteiger partial charge in [0.2, 0.25) is 0 Å². The second-order valence-corrected chi connectivity index (χ2v) is 5.18. The summed E-state index contributed by atoms with van der Waals surface area (Å²) in [5.74, 6) is 2.37.